The predicted octanol–water partition coefficient (Wildman–Crippen LogP) is 3.66. The molecule has 7 nitrogen and oxygen atoms in total. The van der Waals surface area contributed by atoms with Crippen LogP contribution in [0.4, 0.5) is 17.6 Å². The van der Waals surface area contributed by atoms with E-state index in [0.717, 1.165) is 13.0 Å². The van der Waals surface area contributed by atoms with E-state index in [-0.39, 0.29) is 36.0 Å². The van der Waals surface area contributed by atoms with Crippen molar-refractivity contribution in [1.82, 2.24) is 10.0 Å². The number of benzene rings is 2. The molecule has 3 N–H and O–H groups in total. The number of rotatable bonds is 9. The van der Waals surface area contributed by atoms with E-state index < -0.39 is 62.4 Å². The standard InChI is InChI=1S/C24H26F4N2O5S/c1-13(23(31)32)35-22-17(11-15(25)12-18(22)26)16-5-2-4-14(21(16)27)10-20-19(6-3-9-29-20)30-36(33,34)24(28)7-8-24/h2,4-5,11-13,19-20,29-30H,3,6-10H2,1H3,(H,31,32)/t13?,19-,20-/m0/s1. The van der Waals surface area contributed by atoms with Crippen molar-refractivity contribution in [3.63, 3.8) is 0 Å². The third-order valence-electron chi connectivity index (χ3n) is 6.47. The van der Waals surface area contributed by atoms with Gasteiger partial charge in [-0.25, -0.2) is 35.5 Å². The van der Waals surface area contributed by atoms with Crippen LogP contribution in [0, 0.1) is 17.5 Å². The summed E-state index contributed by atoms with van der Waals surface area (Å²) in [6, 6.07) is 4.31. The maximum absolute atomic E-state index is 15.7. The molecule has 0 bridgehead atoms. The Kier molecular flexibility index (Phi) is 7.31. The van der Waals surface area contributed by atoms with E-state index in [1.165, 1.54) is 18.2 Å². The van der Waals surface area contributed by atoms with Gasteiger partial charge in [0.05, 0.1) is 0 Å². The molecule has 1 aliphatic heterocycles. The lowest BCUT2D eigenvalue weighted by Crippen LogP contribution is -2.55. The molecular formula is C24H26F4N2O5S. The molecule has 196 valence electrons. The Morgan fingerprint density at radius 2 is 1.97 bits per heavy atom. The second-order valence-electron chi connectivity index (χ2n) is 9.16. The van der Waals surface area contributed by atoms with Crippen molar-refractivity contribution in [3.05, 3.63) is 53.3 Å². The highest BCUT2D eigenvalue weighted by atomic mass is 32.2. The molecule has 2 aromatic rings. The number of hydrogen-bond acceptors (Lipinski definition) is 5. The van der Waals surface area contributed by atoms with Gasteiger partial charge < -0.3 is 15.2 Å². The highest BCUT2D eigenvalue weighted by Crippen LogP contribution is 2.44. The van der Waals surface area contributed by atoms with Gasteiger partial charge in [-0.2, -0.15) is 0 Å². The van der Waals surface area contributed by atoms with Crippen molar-refractivity contribution >= 4 is 16.0 Å². The number of carboxylic acid groups (broad SMARTS) is 1. The Bertz CT molecular complexity index is 1270. The molecule has 2 aromatic carbocycles. The summed E-state index contributed by atoms with van der Waals surface area (Å²) in [5.74, 6) is -5.02. The minimum Gasteiger partial charge on any atom is -0.479 e. The molecule has 0 aromatic heterocycles. The molecule has 4 rings (SSSR count). The summed E-state index contributed by atoms with van der Waals surface area (Å²) in [6.07, 6.45) is -0.561. The first-order valence-electron chi connectivity index (χ1n) is 11.5. The number of piperidine rings is 1. The van der Waals surface area contributed by atoms with Crippen molar-refractivity contribution in [3.8, 4) is 16.9 Å². The molecule has 0 radical (unpaired) electrons. The first-order valence-corrected chi connectivity index (χ1v) is 13.0. The summed E-state index contributed by atoms with van der Waals surface area (Å²) in [5, 5.41) is 9.98. The molecule has 1 unspecified atom stereocenters. The number of ether oxygens (including phenoxy) is 1. The smallest absolute Gasteiger partial charge is 0.344 e. The van der Waals surface area contributed by atoms with Gasteiger partial charge in [0.1, 0.15) is 11.6 Å². The molecule has 36 heavy (non-hydrogen) atoms. The van der Waals surface area contributed by atoms with E-state index in [4.69, 9.17) is 9.84 Å². The van der Waals surface area contributed by atoms with Gasteiger partial charge in [0.2, 0.25) is 15.0 Å². The van der Waals surface area contributed by atoms with E-state index in [1.807, 2.05) is 0 Å². The highest BCUT2D eigenvalue weighted by Gasteiger charge is 2.56. The second kappa shape index (κ2) is 9.98. The van der Waals surface area contributed by atoms with Gasteiger partial charge in [0.15, 0.2) is 17.7 Å². The Morgan fingerprint density at radius 3 is 2.64 bits per heavy atom. The molecular weight excluding hydrogens is 504 g/mol. The molecule has 0 amide bonds. The summed E-state index contributed by atoms with van der Waals surface area (Å²) >= 11 is 0. The lowest BCUT2D eigenvalue weighted by molar-refractivity contribution is -0.144. The van der Waals surface area contributed by atoms with E-state index in [1.54, 1.807) is 0 Å². The van der Waals surface area contributed by atoms with Crippen LogP contribution in [-0.2, 0) is 21.2 Å². The number of carboxylic acids is 1. The fourth-order valence-electron chi connectivity index (χ4n) is 4.27. The average Bonchev–Trinajstić information content (AvgIpc) is 3.57. The van der Waals surface area contributed by atoms with Crippen molar-refractivity contribution in [2.24, 2.45) is 0 Å². The minimum atomic E-state index is -4.20. The lowest BCUT2D eigenvalue weighted by Gasteiger charge is -2.33. The number of hydrogen-bond donors (Lipinski definition) is 3. The number of halogens is 4. The summed E-state index contributed by atoms with van der Waals surface area (Å²) in [5.41, 5.74) is -0.395. The summed E-state index contributed by atoms with van der Waals surface area (Å²) < 4.78 is 91.0. The maximum atomic E-state index is 15.7. The fraction of sp³-hybridized carbons (Fsp3) is 0.458. The molecule has 12 heteroatoms. The summed E-state index contributed by atoms with van der Waals surface area (Å²) in [4.78, 5) is 11.2. The Morgan fingerprint density at radius 1 is 1.25 bits per heavy atom. The first kappa shape index (κ1) is 26.4. The maximum Gasteiger partial charge on any atom is 0.344 e. The summed E-state index contributed by atoms with van der Waals surface area (Å²) in [6.45, 7) is 1.70. The zero-order valence-electron chi connectivity index (χ0n) is 19.4. The largest absolute Gasteiger partial charge is 0.479 e. The van der Waals surface area contributed by atoms with Crippen LogP contribution < -0.4 is 14.8 Å². The van der Waals surface area contributed by atoms with Crippen LogP contribution in [0.1, 0.15) is 38.2 Å². The van der Waals surface area contributed by atoms with E-state index in [9.17, 15) is 26.4 Å². The second-order valence-corrected chi connectivity index (χ2v) is 11.1. The van der Waals surface area contributed by atoms with Crippen LogP contribution in [0.15, 0.2) is 30.3 Å². The monoisotopic (exact) mass is 530 g/mol. The topological polar surface area (TPSA) is 105 Å². The normalized spacial score (nSPS) is 22.1. The number of aliphatic carboxylic acids is 1. The van der Waals surface area contributed by atoms with Crippen molar-refractivity contribution in [2.75, 3.05) is 6.54 Å². The molecule has 1 aliphatic carbocycles. The fourth-order valence-corrected chi connectivity index (χ4v) is 5.80. The van der Waals surface area contributed by atoms with E-state index in [0.29, 0.717) is 25.5 Å². The molecule has 1 saturated carbocycles. The van der Waals surface area contributed by atoms with Crippen LogP contribution in [0.3, 0.4) is 0 Å². The number of nitrogens with one attached hydrogen (secondary N) is 2. The molecule has 0 spiro atoms. The first-order chi connectivity index (χ1) is 16.9. The van der Waals surface area contributed by atoms with Gasteiger partial charge >= 0.3 is 5.97 Å². The van der Waals surface area contributed by atoms with Gasteiger partial charge in [0, 0.05) is 42.1 Å². The predicted molar refractivity (Wildman–Crippen MR) is 123 cm³/mol. The third kappa shape index (κ3) is 5.35. The van der Waals surface area contributed by atoms with Crippen molar-refractivity contribution in [2.45, 2.75) is 62.2 Å². The van der Waals surface area contributed by atoms with Crippen LogP contribution in [0.2, 0.25) is 0 Å². The highest BCUT2D eigenvalue weighted by molar-refractivity contribution is 7.91. The molecule has 2 aliphatic rings. The van der Waals surface area contributed by atoms with E-state index in [2.05, 4.69) is 10.0 Å². The zero-order valence-corrected chi connectivity index (χ0v) is 20.2. The molecule has 1 heterocycles. The average molecular weight is 531 g/mol. The molecule has 1 saturated heterocycles. The van der Waals surface area contributed by atoms with Gasteiger partial charge in [-0.1, -0.05) is 18.2 Å². The SMILES string of the molecule is CC(Oc1c(F)cc(F)cc1-c1cccc(C[C@@H]2NCCC[C@@H]2NS(=O)(=O)C2(F)CC2)c1F)C(=O)O. The van der Waals surface area contributed by atoms with Crippen LogP contribution in [0.25, 0.3) is 11.1 Å². The minimum absolute atomic E-state index is 0.00562. The Labute approximate surface area is 205 Å². The lowest BCUT2D eigenvalue weighted by atomic mass is 9.91. The van der Waals surface area contributed by atoms with Gasteiger partial charge in [-0.05, 0) is 44.4 Å². The quantitative estimate of drug-likeness (QED) is 0.428. The number of sulfonamides is 1. The van der Waals surface area contributed by atoms with Crippen LogP contribution >= 0.6 is 0 Å². The van der Waals surface area contributed by atoms with Gasteiger partial charge in [-0.3, -0.25) is 0 Å². The Balaban J connectivity index is 1.64. The van der Waals surface area contributed by atoms with E-state index >= 15 is 4.39 Å². The van der Waals surface area contributed by atoms with Crippen molar-refractivity contribution < 1.29 is 40.6 Å². The third-order valence-corrected chi connectivity index (χ3v) is 8.46. The van der Waals surface area contributed by atoms with Crippen molar-refractivity contribution in [1.29, 1.82) is 0 Å². The Hall–Kier alpha value is -2.70. The van der Waals surface area contributed by atoms with Gasteiger partial charge in [0.25, 0.3) is 0 Å². The van der Waals surface area contributed by atoms with Gasteiger partial charge in [-0.15, -0.1) is 0 Å². The summed E-state index contributed by atoms with van der Waals surface area (Å²) in [7, 11) is -4.20. The molecule has 3 atom stereocenters. The number of carbonyl (C=O) groups is 1. The number of alkyl halides is 1. The molecule has 2 fully saturated rings. The van der Waals surface area contributed by atoms with Crippen LogP contribution in [-0.4, -0.2) is 49.2 Å². The zero-order chi connectivity index (χ0) is 26.3. The van der Waals surface area contributed by atoms with Crippen LogP contribution in [0.5, 0.6) is 5.75 Å².